The number of aryl methyl sites for hydroxylation is 1. The summed E-state index contributed by atoms with van der Waals surface area (Å²) < 4.78 is 0. The molecule has 5 heteroatoms. The molecule has 1 amide bonds. The van der Waals surface area contributed by atoms with Crippen LogP contribution in [0.2, 0.25) is 0 Å². The minimum Gasteiger partial charge on any atom is -0.349 e. The SMILES string of the molecule is CSc1ccc(C)c(C(=O)NC2CCNCC2C)c1.Cl. The van der Waals surface area contributed by atoms with Gasteiger partial charge >= 0.3 is 0 Å². The average molecular weight is 315 g/mol. The van der Waals surface area contributed by atoms with Crippen LogP contribution in [0.4, 0.5) is 0 Å². The number of piperidine rings is 1. The Hall–Kier alpha value is -0.710. The Labute approximate surface area is 131 Å². The van der Waals surface area contributed by atoms with E-state index in [9.17, 15) is 4.79 Å². The maximum absolute atomic E-state index is 12.4. The molecule has 0 aromatic heterocycles. The number of hydrogen-bond acceptors (Lipinski definition) is 3. The van der Waals surface area contributed by atoms with Crippen LogP contribution in [-0.4, -0.2) is 31.3 Å². The monoisotopic (exact) mass is 314 g/mol. The van der Waals surface area contributed by atoms with Gasteiger partial charge in [-0.25, -0.2) is 0 Å². The zero-order valence-electron chi connectivity index (χ0n) is 12.2. The summed E-state index contributed by atoms with van der Waals surface area (Å²) in [6.07, 6.45) is 3.04. The van der Waals surface area contributed by atoms with Gasteiger partial charge in [0.2, 0.25) is 0 Å². The molecular formula is C15H23ClN2OS. The molecule has 112 valence electrons. The molecule has 1 aromatic rings. The van der Waals surface area contributed by atoms with E-state index < -0.39 is 0 Å². The van der Waals surface area contributed by atoms with Gasteiger partial charge in [-0.15, -0.1) is 24.2 Å². The number of hydrogen-bond donors (Lipinski definition) is 2. The Balaban J connectivity index is 0.00000200. The van der Waals surface area contributed by atoms with Crippen LogP contribution in [0.15, 0.2) is 23.1 Å². The largest absolute Gasteiger partial charge is 0.349 e. The van der Waals surface area contributed by atoms with E-state index >= 15 is 0 Å². The second kappa shape index (κ2) is 7.91. The van der Waals surface area contributed by atoms with Crippen molar-refractivity contribution < 1.29 is 4.79 Å². The summed E-state index contributed by atoms with van der Waals surface area (Å²) in [6.45, 7) is 6.14. The molecule has 1 saturated heterocycles. The molecule has 0 saturated carbocycles. The number of nitrogens with one attached hydrogen (secondary N) is 2. The van der Waals surface area contributed by atoms with E-state index in [1.165, 1.54) is 0 Å². The summed E-state index contributed by atoms with van der Waals surface area (Å²) in [4.78, 5) is 13.5. The predicted molar refractivity (Wildman–Crippen MR) is 88.1 cm³/mol. The number of benzene rings is 1. The van der Waals surface area contributed by atoms with Crippen LogP contribution in [0.1, 0.15) is 29.3 Å². The van der Waals surface area contributed by atoms with Crippen LogP contribution in [0, 0.1) is 12.8 Å². The highest BCUT2D eigenvalue weighted by Gasteiger charge is 2.23. The van der Waals surface area contributed by atoms with E-state index in [0.717, 1.165) is 35.5 Å². The summed E-state index contributed by atoms with van der Waals surface area (Å²) in [5, 5.41) is 6.54. The van der Waals surface area contributed by atoms with Gasteiger partial charge in [0, 0.05) is 16.5 Å². The minimum absolute atomic E-state index is 0. The molecule has 0 bridgehead atoms. The van der Waals surface area contributed by atoms with Gasteiger partial charge in [0.05, 0.1) is 0 Å². The van der Waals surface area contributed by atoms with Crippen molar-refractivity contribution >= 4 is 30.1 Å². The zero-order chi connectivity index (χ0) is 13.8. The van der Waals surface area contributed by atoms with Crippen molar-refractivity contribution in [2.75, 3.05) is 19.3 Å². The average Bonchev–Trinajstić information content (AvgIpc) is 2.42. The van der Waals surface area contributed by atoms with Crippen LogP contribution in [-0.2, 0) is 0 Å². The summed E-state index contributed by atoms with van der Waals surface area (Å²) in [7, 11) is 0. The summed E-state index contributed by atoms with van der Waals surface area (Å²) in [6, 6.07) is 6.35. The first-order valence-corrected chi connectivity index (χ1v) is 8.00. The Kier molecular flexibility index (Phi) is 6.86. The second-order valence-corrected chi connectivity index (χ2v) is 6.11. The number of carbonyl (C=O) groups excluding carboxylic acids is 1. The molecule has 2 atom stereocenters. The molecule has 20 heavy (non-hydrogen) atoms. The van der Waals surface area contributed by atoms with Crippen LogP contribution < -0.4 is 10.6 Å². The fraction of sp³-hybridized carbons (Fsp3) is 0.533. The van der Waals surface area contributed by atoms with Crippen LogP contribution in [0.5, 0.6) is 0 Å². The molecule has 1 heterocycles. The quantitative estimate of drug-likeness (QED) is 0.843. The molecule has 3 nitrogen and oxygen atoms in total. The number of amides is 1. The third-order valence-corrected chi connectivity index (χ3v) is 4.52. The van der Waals surface area contributed by atoms with E-state index in [1.807, 2.05) is 25.3 Å². The lowest BCUT2D eigenvalue weighted by atomic mass is 9.95. The first kappa shape index (κ1) is 17.3. The maximum atomic E-state index is 12.4. The Bertz CT molecular complexity index is 467. The van der Waals surface area contributed by atoms with Crippen molar-refractivity contribution in [1.82, 2.24) is 10.6 Å². The third-order valence-electron chi connectivity index (χ3n) is 3.79. The van der Waals surface area contributed by atoms with Gasteiger partial charge in [-0.05, 0) is 56.3 Å². The van der Waals surface area contributed by atoms with Gasteiger partial charge in [-0.3, -0.25) is 4.79 Å². The first-order chi connectivity index (χ1) is 9.11. The highest BCUT2D eigenvalue weighted by Crippen LogP contribution is 2.20. The molecule has 2 N–H and O–H groups in total. The lowest BCUT2D eigenvalue weighted by Gasteiger charge is -2.30. The van der Waals surface area contributed by atoms with E-state index in [0.29, 0.717) is 5.92 Å². The topological polar surface area (TPSA) is 41.1 Å². The van der Waals surface area contributed by atoms with E-state index in [4.69, 9.17) is 0 Å². The fourth-order valence-electron chi connectivity index (χ4n) is 2.45. The Morgan fingerprint density at radius 3 is 2.85 bits per heavy atom. The molecule has 1 fully saturated rings. The van der Waals surface area contributed by atoms with Crippen molar-refractivity contribution in [1.29, 1.82) is 0 Å². The van der Waals surface area contributed by atoms with Gasteiger partial charge < -0.3 is 10.6 Å². The van der Waals surface area contributed by atoms with Crippen molar-refractivity contribution in [3.8, 4) is 0 Å². The smallest absolute Gasteiger partial charge is 0.251 e. The maximum Gasteiger partial charge on any atom is 0.251 e. The van der Waals surface area contributed by atoms with Crippen molar-refractivity contribution in [3.63, 3.8) is 0 Å². The summed E-state index contributed by atoms with van der Waals surface area (Å²) >= 11 is 1.67. The molecule has 1 aromatic carbocycles. The predicted octanol–water partition coefficient (Wildman–Crippen LogP) is 2.87. The summed E-state index contributed by atoms with van der Waals surface area (Å²) in [5.41, 5.74) is 1.84. The lowest BCUT2D eigenvalue weighted by Crippen LogP contribution is -2.48. The molecule has 1 aliphatic heterocycles. The molecular weight excluding hydrogens is 292 g/mol. The van der Waals surface area contributed by atoms with Crippen molar-refractivity contribution in [3.05, 3.63) is 29.3 Å². The Morgan fingerprint density at radius 2 is 2.20 bits per heavy atom. The van der Waals surface area contributed by atoms with E-state index in [2.05, 4.69) is 23.6 Å². The van der Waals surface area contributed by atoms with E-state index in [1.54, 1.807) is 11.8 Å². The van der Waals surface area contributed by atoms with Crippen LogP contribution in [0.3, 0.4) is 0 Å². The number of carbonyl (C=O) groups is 1. The van der Waals surface area contributed by atoms with Gasteiger partial charge in [-0.2, -0.15) is 0 Å². The number of halogens is 1. The molecule has 0 radical (unpaired) electrons. The van der Waals surface area contributed by atoms with Crippen LogP contribution in [0.25, 0.3) is 0 Å². The standard InChI is InChI=1S/C15H22N2OS.ClH/c1-10-4-5-12(19-3)8-13(10)15(18)17-14-6-7-16-9-11(14)2;/h4-5,8,11,14,16H,6-7,9H2,1-3H3,(H,17,18);1H. The molecule has 2 rings (SSSR count). The van der Waals surface area contributed by atoms with Gasteiger partial charge in [-0.1, -0.05) is 13.0 Å². The molecule has 0 aliphatic carbocycles. The number of thioether (sulfide) groups is 1. The highest BCUT2D eigenvalue weighted by molar-refractivity contribution is 7.98. The molecule has 2 unspecified atom stereocenters. The minimum atomic E-state index is 0. The van der Waals surface area contributed by atoms with Gasteiger partial charge in [0.25, 0.3) is 5.91 Å². The highest BCUT2D eigenvalue weighted by atomic mass is 35.5. The summed E-state index contributed by atoms with van der Waals surface area (Å²) in [5.74, 6) is 0.550. The van der Waals surface area contributed by atoms with Gasteiger partial charge in [0.15, 0.2) is 0 Å². The van der Waals surface area contributed by atoms with Gasteiger partial charge in [0.1, 0.15) is 0 Å². The normalized spacial score (nSPS) is 21.9. The van der Waals surface area contributed by atoms with E-state index in [-0.39, 0.29) is 24.4 Å². The molecule has 1 aliphatic rings. The lowest BCUT2D eigenvalue weighted by molar-refractivity contribution is 0.0913. The number of rotatable bonds is 3. The first-order valence-electron chi connectivity index (χ1n) is 6.78. The van der Waals surface area contributed by atoms with Crippen molar-refractivity contribution in [2.24, 2.45) is 5.92 Å². The molecule has 0 spiro atoms. The van der Waals surface area contributed by atoms with Crippen molar-refractivity contribution in [2.45, 2.75) is 31.2 Å². The Morgan fingerprint density at radius 1 is 1.45 bits per heavy atom. The van der Waals surface area contributed by atoms with Crippen LogP contribution >= 0.6 is 24.2 Å². The second-order valence-electron chi connectivity index (χ2n) is 5.23. The zero-order valence-corrected chi connectivity index (χ0v) is 13.9. The fourth-order valence-corrected chi connectivity index (χ4v) is 2.89. The third kappa shape index (κ3) is 4.14.